The molecule has 10 aliphatic rings. The van der Waals surface area contributed by atoms with Crippen LogP contribution in [0.1, 0.15) is 263 Å². The van der Waals surface area contributed by atoms with E-state index in [1.807, 2.05) is 0 Å². The predicted octanol–water partition coefficient (Wildman–Crippen LogP) is 9.49. The molecule has 0 fully saturated rings. The molecule has 30 nitrogen and oxygen atoms in total. The van der Waals surface area contributed by atoms with E-state index in [0.717, 1.165) is 55.6 Å². The fourth-order valence-corrected chi connectivity index (χ4v) is 13.6. The van der Waals surface area contributed by atoms with Crippen LogP contribution in [-0.4, -0.2) is 119 Å². The van der Waals surface area contributed by atoms with Crippen molar-refractivity contribution < 1.29 is 143 Å². The maximum atomic E-state index is 11.6. The normalized spacial score (nSPS) is 15.3. The topological polar surface area (TPSA) is 434 Å². The first-order chi connectivity index (χ1) is 55.1. The van der Waals surface area contributed by atoms with Gasteiger partial charge in [0, 0.05) is 0 Å². The molecule has 0 amide bonds. The van der Waals surface area contributed by atoms with Crippen molar-refractivity contribution in [2.24, 2.45) is 0 Å². The van der Waals surface area contributed by atoms with Crippen LogP contribution in [-0.2, 0) is 79.5 Å². The van der Waals surface area contributed by atoms with Crippen molar-refractivity contribution in [3.8, 4) is 0 Å². The number of hydrogen-bond acceptors (Lipinski definition) is 30. The van der Waals surface area contributed by atoms with Crippen LogP contribution in [0.2, 0.25) is 0 Å². The SMILES string of the molecule is O=C1OC(=O)c2cc(Cc3ccc4c(c3)C(=O)OC4=O)ccc21.O=C1OC(=O)c2cc(Cc3ccc4c(c3)C(=O)OC4=O)ccc21.O=C1OC(=O)c2cc(Cc3ccc4c(c3)C(=O)OC4=O)ccc21.O=C1OC(=O)c2cc(Cc3ccc4c(c3)C(=O)OC4=O)ccc21.O=C1OC(=O)c2cc(Cc3ccc4c(c3)C(=O)OC4=O)ccc21. The summed E-state index contributed by atoms with van der Waals surface area (Å²) in [5.74, 6) is -13.0. The molecule has 0 bridgehead atoms. The van der Waals surface area contributed by atoms with Gasteiger partial charge in [-0.05, 0) is 209 Å². The minimum Gasteiger partial charge on any atom is -0.386 e. The fourth-order valence-electron chi connectivity index (χ4n) is 13.6. The Labute approximate surface area is 640 Å². The van der Waals surface area contributed by atoms with E-state index in [4.69, 9.17) is 0 Å². The van der Waals surface area contributed by atoms with E-state index in [2.05, 4.69) is 47.4 Å². The van der Waals surface area contributed by atoms with E-state index >= 15 is 0 Å². The lowest BCUT2D eigenvalue weighted by molar-refractivity contribution is 0.0425. The van der Waals surface area contributed by atoms with Crippen LogP contribution in [0.3, 0.4) is 0 Å². The van der Waals surface area contributed by atoms with Crippen molar-refractivity contribution in [2.45, 2.75) is 32.1 Å². The molecule has 0 saturated carbocycles. The average Bonchev–Trinajstić information content (AvgIpc) is 1.66. The Kier molecular flexibility index (Phi) is 18.1. The molecule has 0 atom stereocenters. The number of ether oxygens (including phenoxy) is 10. The Morgan fingerprint density at radius 2 is 0.191 bits per heavy atom. The van der Waals surface area contributed by atoms with Crippen LogP contribution < -0.4 is 0 Å². The molecular formula is C85H40O30. The summed E-state index contributed by atoms with van der Waals surface area (Å²) in [7, 11) is 0. The van der Waals surface area contributed by atoms with E-state index in [-0.39, 0.29) is 111 Å². The van der Waals surface area contributed by atoms with Crippen LogP contribution >= 0.6 is 0 Å². The highest BCUT2D eigenvalue weighted by Crippen LogP contribution is 2.33. The van der Waals surface area contributed by atoms with E-state index < -0.39 is 119 Å². The van der Waals surface area contributed by atoms with E-state index in [0.29, 0.717) is 32.1 Å². The molecule has 0 radical (unpaired) electrons. The van der Waals surface area contributed by atoms with Crippen LogP contribution in [0.4, 0.5) is 0 Å². The molecule has 0 N–H and O–H groups in total. The van der Waals surface area contributed by atoms with Gasteiger partial charge in [-0.25, -0.2) is 95.9 Å². The zero-order valence-corrected chi connectivity index (χ0v) is 58.1. The summed E-state index contributed by atoms with van der Waals surface area (Å²) in [4.78, 5) is 230. The van der Waals surface area contributed by atoms with Gasteiger partial charge in [-0.1, -0.05) is 60.7 Å². The molecular weight excluding hydrogens is 1500 g/mol. The Hall–Kier alpha value is -16.4. The van der Waals surface area contributed by atoms with Gasteiger partial charge < -0.3 is 47.4 Å². The van der Waals surface area contributed by atoms with Crippen LogP contribution in [0, 0.1) is 0 Å². The maximum absolute atomic E-state index is 11.6. The number of esters is 20. The number of hydrogen-bond donors (Lipinski definition) is 0. The molecule has 0 saturated heterocycles. The van der Waals surface area contributed by atoms with Gasteiger partial charge in [0.05, 0.1) is 111 Å². The monoisotopic (exact) mass is 1540 g/mol. The molecule has 10 heterocycles. The summed E-state index contributed by atoms with van der Waals surface area (Å²) in [5, 5.41) is 0. The molecule has 10 aliphatic heterocycles. The first-order valence-corrected chi connectivity index (χ1v) is 34.1. The standard InChI is InChI=1S/5C17H8O6/c5*18-14-10-3-1-8(6-12(10)16(20)22-14)5-9-2-4-11-13(7-9)17(21)23-15(11)19/h5*1-4,6-7H,5H2. The second-order valence-corrected chi connectivity index (χ2v) is 26.5. The quantitative estimate of drug-likeness (QED) is 0.0698. The number of carbonyl (C=O) groups excluding carboxylic acids is 20. The molecule has 10 aromatic rings. The summed E-state index contributed by atoms with van der Waals surface area (Å²) in [6.07, 6.45) is 2.17. The van der Waals surface area contributed by atoms with E-state index in [1.54, 1.807) is 182 Å². The number of benzene rings is 10. The van der Waals surface area contributed by atoms with Crippen molar-refractivity contribution in [1.29, 1.82) is 0 Å². The van der Waals surface area contributed by atoms with Gasteiger partial charge in [-0.2, -0.15) is 0 Å². The lowest BCUT2D eigenvalue weighted by atomic mass is 9.98. The van der Waals surface area contributed by atoms with Crippen molar-refractivity contribution in [1.82, 2.24) is 0 Å². The third-order valence-corrected chi connectivity index (χ3v) is 19.1. The van der Waals surface area contributed by atoms with Crippen molar-refractivity contribution >= 4 is 119 Å². The van der Waals surface area contributed by atoms with Gasteiger partial charge in [0.15, 0.2) is 0 Å². The highest BCUT2D eigenvalue weighted by Gasteiger charge is 2.38. The number of fused-ring (bicyclic) bond motifs is 10. The lowest BCUT2D eigenvalue weighted by Gasteiger charge is -2.04. The Balaban J connectivity index is 0.000000108. The second kappa shape index (κ2) is 28.6. The molecule has 30 heteroatoms. The third-order valence-electron chi connectivity index (χ3n) is 19.1. The van der Waals surface area contributed by atoms with Crippen LogP contribution in [0.25, 0.3) is 0 Å². The summed E-state index contributed by atoms with van der Waals surface area (Å²) in [5.41, 5.74) is 12.8. The zero-order chi connectivity index (χ0) is 80.7. The first kappa shape index (κ1) is 72.8. The van der Waals surface area contributed by atoms with Gasteiger partial charge in [0.2, 0.25) is 0 Å². The summed E-state index contributed by atoms with van der Waals surface area (Å²) >= 11 is 0. The highest BCUT2D eigenvalue weighted by atomic mass is 16.6. The summed E-state index contributed by atoms with van der Waals surface area (Å²) in [6.45, 7) is 0. The molecule has 0 aliphatic carbocycles. The molecule has 0 aromatic heterocycles. The van der Waals surface area contributed by atoms with Crippen LogP contribution in [0.15, 0.2) is 182 Å². The molecule has 0 spiro atoms. The third kappa shape index (κ3) is 13.9. The van der Waals surface area contributed by atoms with E-state index in [9.17, 15) is 95.9 Å². The number of carbonyl (C=O) groups is 20. The minimum absolute atomic E-state index is 0.239. The fraction of sp³-hybridized carbons (Fsp3) is 0.0588. The van der Waals surface area contributed by atoms with Crippen molar-refractivity contribution in [3.05, 3.63) is 349 Å². The molecule has 20 rings (SSSR count). The van der Waals surface area contributed by atoms with Crippen molar-refractivity contribution in [2.75, 3.05) is 0 Å². The predicted molar refractivity (Wildman–Crippen MR) is 376 cm³/mol. The zero-order valence-electron chi connectivity index (χ0n) is 58.1. The smallest absolute Gasteiger partial charge is 0.346 e. The Morgan fingerprint density at radius 1 is 0.113 bits per heavy atom. The number of rotatable bonds is 10. The Morgan fingerprint density at radius 3 is 0.278 bits per heavy atom. The second-order valence-electron chi connectivity index (χ2n) is 26.5. The highest BCUT2D eigenvalue weighted by molar-refractivity contribution is 6.21. The van der Waals surface area contributed by atoms with Gasteiger partial charge >= 0.3 is 119 Å². The Bertz CT molecular complexity index is 5130. The van der Waals surface area contributed by atoms with Gasteiger partial charge in [0.1, 0.15) is 0 Å². The molecule has 0 unspecified atom stereocenters. The van der Waals surface area contributed by atoms with Gasteiger partial charge in [-0.3, -0.25) is 0 Å². The maximum Gasteiger partial charge on any atom is 0.346 e. The van der Waals surface area contributed by atoms with E-state index in [1.165, 1.54) is 0 Å². The minimum atomic E-state index is -0.657. The average molecular weight is 1540 g/mol. The van der Waals surface area contributed by atoms with Crippen LogP contribution in [0.5, 0.6) is 0 Å². The van der Waals surface area contributed by atoms with Gasteiger partial charge in [-0.15, -0.1) is 0 Å². The lowest BCUT2D eigenvalue weighted by Crippen LogP contribution is -1.98. The molecule has 10 aromatic carbocycles. The first-order valence-electron chi connectivity index (χ1n) is 34.1. The van der Waals surface area contributed by atoms with Crippen molar-refractivity contribution in [3.63, 3.8) is 0 Å². The number of cyclic esters (lactones) is 20. The largest absolute Gasteiger partial charge is 0.386 e. The summed E-state index contributed by atoms with van der Waals surface area (Å²) in [6, 6.07) is 48.6. The molecule has 560 valence electrons. The summed E-state index contributed by atoms with van der Waals surface area (Å²) < 4.78 is 45.5. The molecule has 115 heavy (non-hydrogen) atoms. The van der Waals surface area contributed by atoms with Gasteiger partial charge in [0.25, 0.3) is 0 Å².